The second-order valence-corrected chi connectivity index (χ2v) is 8.40. The summed E-state index contributed by atoms with van der Waals surface area (Å²) >= 11 is 0. The third-order valence-corrected chi connectivity index (χ3v) is 5.92. The van der Waals surface area contributed by atoms with Gasteiger partial charge in [-0.25, -0.2) is 26.9 Å². The van der Waals surface area contributed by atoms with Crippen molar-refractivity contribution in [3.8, 4) is 0 Å². The Morgan fingerprint density at radius 2 is 1.76 bits per heavy atom. The first-order valence-electron chi connectivity index (χ1n) is 11.3. The summed E-state index contributed by atoms with van der Waals surface area (Å²) in [6.07, 6.45) is 1.25. The number of ether oxygens (including phenoxy) is 1. The van der Waals surface area contributed by atoms with Crippen LogP contribution in [0, 0.1) is 29.1 Å². The molecule has 1 atom stereocenters. The third kappa shape index (κ3) is 4.83. The number of aromatic nitrogens is 2. The molecular weight excluding hydrogens is 511 g/mol. The molecule has 3 heterocycles. The van der Waals surface area contributed by atoms with Crippen molar-refractivity contribution >= 4 is 28.3 Å². The van der Waals surface area contributed by atoms with E-state index in [9.17, 15) is 27.2 Å². The van der Waals surface area contributed by atoms with Crippen LogP contribution in [-0.2, 0) is 4.74 Å². The molecule has 2 aromatic carbocycles. The van der Waals surface area contributed by atoms with Gasteiger partial charge >= 0.3 is 0 Å². The molecule has 0 spiro atoms. The van der Waals surface area contributed by atoms with Crippen LogP contribution in [0.1, 0.15) is 38.1 Å². The number of amides is 1. The lowest BCUT2D eigenvalue weighted by atomic mass is 10.0. The van der Waals surface area contributed by atoms with E-state index >= 15 is 4.39 Å². The summed E-state index contributed by atoms with van der Waals surface area (Å²) in [5.41, 5.74) is -1.89. The Kier molecular flexibility index (Phi) is 6.83. The smallest absolute Gasteiger partial charge is 0.255 e. The van der Waals surface area contributed by atoms with E-state index in [0.29, 0.717) is 54.6 Å². The highest BCUT2D eigenvalue weighted by Crippen LogP contribution is 2.28. The Hall–Kier alpha value is -4.29. The fraction of sp³-hybridized carbons (Fsp3) is 0.154. The maximum atomic E-state index is 15.2. The number of hydrogen-bond acceptors (Lipinski definition) is 6. The average Bonchev–Trinajstić information content (AvgIpc) is 2.93. The number of nitrogens with zero attached hydrogens (tertiary/aromatic N) is 2. The van der Waals surface area contributed by atoms with Crippen LogP contribution in [0.4, 0.5) is 27.6 Å². The molecule has 1 amide bonds. The van der Waals surface area contributed by atoms with E-state index in [1.54, 1.807) is 12.1 Å². The van der Waals surface area contributed by atoms with Crippen molar-refractivity contribution in [2.24, 2.45) is 0 Å². The molecule has 2 aromatic heterocycles. The van der Waals surface area contributed by atoms with Crippen LogP contribution >= 0.6 is 0 Å². The van der Waals surface area contributed by atoms with Gasteiger partial charge < -0.3 is 15.4 Å². The van der Waals surface area contributed by atoms with E-state index in [1.165, 1.54) is 12.3 Å². The third-order valence-electron chi connectivity index (χ3n) is 5.92. The van der Waals surface area contributed by atoms with E-state index in [4.69, 9.17) is 4.74 Å². The minimum Gasteiger partial charge on any atom is -0.378 e. The summed E-state index contributed by atoms with van der Waals surface area (Å²) in [6, 6.07) is 6.94. The first-order chi connectivity index (χ1) is 18.2. The quantitative estimate of drug-likeness (QED) is 0.226. The number of halogens is 5. The number of hydrogen-bond donors (Lipinski definition) is 2. The normalized spacial score (nSPS) is 15.4. The molecule has 38 heavy (non-hydrogen) atoms. The molecule has 1 unspecified atom stereocenters. The molecule has 2 N–H and O–H groups in total. The largest absolute Gasteiger partial charge is 0.378 e. The number of anilines is 1. The van der Waals surface area contributed by atoms with Gasteiger partial charge in [0.2, 0.25) is 5.78 Å². The average molecular weight is 528 g/mol. The lowest BCUT2D eigenvalue weighted by molar-refractivity contribution is 0.0757. The number of ketones is 1. The Morgan fingerprint density at radius 3 is 2.50 bits per heavy atom. The van der Waals surface area contributed by atoms with Gasteiger partial charge in [-0.15, -0.1) is 0 Å². The first-order valence-corrected chi connectivity index (χ1v) is 11.3. The fourth-order valence-corrected chi connectivity index (χ4v) is 3.97. The van der Waals surface area contributed by atoms with Gasteiger partial charge in [0, 0.05) is 23.6 Å². The number of pyridine rings is 2. The summed E-state index contributed by atoms with van der Waals surface area (Å²) in [7, 11) is 0. The molecule has 0 radical (unpaired) electrons. The van der Waals surface area contributed by atoms with E-state index in [-0.39, 0.29) is 6.04 Å². The highest BCUT2D eigenvalue weighted by atomic mass is 19.2. The van der Waals surface area contributed by atoms with E-state index in [1.807, 2.05) is 5.32 Å². The van der Waals surface area contributed by atoms with Gasteiger partial charge in [0.05, 0.1) is 42.4 Å². The van der Waals surface area contributed by atoms with Crippen LogP contribution in [0.2, 0.25) is 0 Å². The first kappa shape index (κ1) is 25.4. The molecule has 194 valence electrons. The van der Waals surface area contributed by atoms with Gasteiger partial charge in [0.25, 0.3) is 5.91 Å². The highest BCUT2D eigenvalue weighted by Gasteiger charge is 2.28. The van der Waals surface area contributed by atoms with Crippen LogP contribution in [0.3, 0.4) is 0 Å². The van der Waals surface area contributed by atoms with Gasteiger partial charge in [0.15, 0.2) is 29.1 Å². The summed E-state index contributed by atoms with van der Waals surface area (Å²) in [6.45, 7) is 1.67. The van der Waals surface area contributed by atoms with E-state index in [0.717, 1.165) is 6.07 Å². The number of carbonyl (C=O) groups is 2. The van der Waals surface area contributed by atoms with Crippen LogP contribution in [0.15, 0.2) is 48.7 Å². The number of morpholine rings is 1. The van der Waals surface area contributed by atoms with Crippen molar-refractivity contribution in [2.45, 2.75) is 6.04 Å². The fourth-order valence-electron chi connectivity index (χ4n) is 3.97. The Bertz CT molecular complexity index is 1590. The molecule has 1 aliphatic heterocycles. The summed E-state index contributed by atoms with van der Waals surface area (Å²) in [5.74, 6) is -9.95. The van der Waals surface area contributed by atoms with E-state index < -0.39 is 63.3 Å². The minimum absolute atomic E-state index is 0.134. The molecule has 1 aliphatic rings. The molecule has 4 aromatic rings. The zero-order valence-electron chi connectivity index (χ0n) is 19.3. The van der Waals surface area contributed by atoms with Crippen molar-refractivity contribution < 1.29 is 36.3 Å². The number of carbonyl (C=O) groups excluding carboxylic acids is 2. The van der Waals surface area contributed by atoms with Crippen molar-refractivity contribution in [1.29, 1.82) is 0 Å². The predicted molar refractivity (Wildman–Crippen MR) is 125 cm³/mol. The van der Waals surface area contributed by atoms with Crippen LogP contribution in [0.5, 0.6) is 0 Å². The number of benzene rings is 2. The lowest BCUT2D eigenvalue weighted by Crippen LogP contribution is -2.35. The van der Waals surface area contributed by atoms with Crippen molar-refractivity contribution in [2.75, 3.05) is 25.1 Å². The molecule has 12 heteroatoms. The summed E-state index contributed by atoms with van der Waals surface area (Å²) in [4.78, 5) is 33.8. The van der Waals surface area contributed by atoms with Crippen LogP contribution < -0.4 is 10.6 Å². The monoisotopic (exact) mass is 528 g/mol. The zero-order valence-corrected chi connectivity index (χ0v) is 19.3. The van der Waals surface area contributed by atoms with Crippen LogP contribution in [-0.4, -0.2) is 41.4 Å². The second-order valence-electron chi connectivity index (χ2n) is 8.40. The van der Waals surface area contributed by atoms with Gasteiger partial charge in [0.1, 0.15) is 11.3 Å². The van der Waals surface area contributed by atoms with Gasteiger partial charge in [-0.1, -0.05) is 6.07 Å². The lowest BCUT2D eigenvalue weighted by Gasteiger charge is -2.23. The number of fused-ring (bicyclic) bond motifs is 1. The Labute approximate surface area is 211 Å². The number of rotatable bonds is 5. The van der Waals surface area contributed by atoms with E-state index in [2.05, 4.69) is 15.3 Å². The highest BCUT2D eigenvalue weighted by molar-refractivity contribution is 6.11. The molecular formula is C26H17F5N4O3. The van der Waals surface area contributed by atoms with Gasteiger partial charge in [-0.3, -0.25) is 14.6 Å². The molecule has 7 nitrogen and oxygen atoms in total. The summed E-state index contributed by atoms with van der Waals surface area (Å²) < 4.78 is 76.2. The number of nitrogens with one attached hydrogen (secondary N) is 2. The predicted octanol–water partition coefficient (Wildman–Crippen LogP) is 4.47. The molecule has 0 saturated carbocycles. The summed E-state index contributed by atoms with van der Waals surface area (Å²) in [5, 5.41) is 5.64. The molecule has 0 aliphatic carbocycles. The minimum atomic E-state index is -1.78. The second kappa shape index (κ2) is 10.2. The molecule has 1 fully saturated rings. The van der Waals surface area contributed by atoms with Crippen LogP contribution in [0.25, 0.3) is 10.9 Å². The SMILES string of the molecule is O=C(Nc1cc(F)c(F)c(C(=O)c2cc3ccc(C4COCCN4)nc3cn2)c1F)c1ccc(F)c(F)c1. The van der Waals surface area contributed by atoms with Gasteiger partial charge in [-0.2, -0.15) is 0 Å². The van der Waals surface area contributed by atoms with Crippen molar-refractivity contribution in [3.05, 3.63) is 100 Å². The van der Waals surface area contributed by atoms with Crippen molar-refractivity contribution in [1.82, 2.24) is 15.3 Å². The molecule has 0 bridgehead atoms. The standard InChI is InChI=1S/C26H17F5N4O3/c27-14-3-1-13(7-15(14)28)26(37)35-18-9-16(29)23(30)22(24(18)31)25(36)19-8-12-2-4-17(34-20(12)10-33-19)21-11-38-6-5-32-21/h1-4,7-10,21,32H,5-6,11H2,(H,35,37). The molecule has 5 rings (SSSR count). The topological polar surface area (TPSA) is 93.2 Å². The van der Waals surface area contributed by atoms with Crippen molar-refractivity contribution in [3.63, 3.8) is 0 Å². The van der Waals surface area contributed by atoms with Gasteiger partial charge in [-0.05, 0) is 30.3 Å². The molecule has 1 saturated heterocycles. The Morgan fingerprint density at radius 1 is 0.947 bits per heavy atom. The maximum absolute atomic E-state index is 15.2. The zero-order chi connectivity index (χ0) is 27.0. The Balaban J connectivity index is 1.46. The maximum Gasteiger partial charge on any atom is 0.255 e.